The monoisotopic (exact) mass is 252 g/mol. The summed E-state index contributed by atoms with van der Waals surface area (Å²) in [6.07, 6.45) is 1.46. The Morgan fingerprint density at radius 2 is 1.32 bits per heavy atom. The molecule has 3 heteroatoms. The average Bonchev–Trinajstić information content (AvgIpc) is 2.78. The molecule has 0 saturated heterocycles. The molecule has 1 aliphatic rings. The molecule has 94 valence electrons. The van der Waals surface area contributed by atoms with Crippen LogP contribution in [-0.4, -0.2) is 11.1 Å². The van der Waals surface area contributed by atoms with Crippen LogP contribution < -0.4 is 0 Å². The lowest BCUT2D eigenvalue weighted by atomic mass is 9.86. The van der Waals surface area contributed by atoms with Crippen LogP contribution in [0.3, 0.4) is 0 Å². The molecule has 1 N–H and O–H groups in total. The van der Waals surface area contributed by atoms with Crippen molar-refractivity contribution in [1.29, 1.82) is 0 Å². The van der Waals surface area contributed by atoms with E-state index in [1.807, 2.05) is 60.7 Å². The molecule has 0 aliphatic carbocycles. The van der Waals surface area contributed by atoms with E-state index >= 15 is 0 Å². The largest absolute Gasteiger partial charge is 0.502 e. The van der Waals surface area contributed by atoms with Gasteiger partial charge in [0.05, 0.1) is 0 Å². The Bertz CT molecular complexity index is 590. The van der Waals surface area contributed by atoms with Gasteiger partial charge < -0.3 is 9.84 Å². The fraction of sp³-hybridized carbons (Fsp3) is 0.0625. The van der Waals surface area contributed by atoms with Crippen LogP contribution in [0.5, 0.6) is 0 Å². The van der Waals surface area contributed by atoms with Crippen LogP contribution in [0, 0.1) is 0 Å². The van der Waals surface area contributed by atoms with Gasteiger partial charge in [-0.15, -0.1) is 0 Å². The summed E-state index contributed by atoms with van der Waals surface area (Å²) >= 11 is 0. The Morgan fingerprint density at radius 3 is 1.68 bits per heavy atom. The van der Waals surface area contributed by atoms with Gasteiger partial charge in [-0.1, -0.05) is 60.7 Å². The quantitative estimate of drug-likeness (QED) is 0.836. The van der Waals surface area contributed by atoms with E-state index < -0.39 is 11.6 Å². The smallest absolute Gasteiger partial charge is 0.374 e. The molecule has 0 fully saturated rings. The van der Waals surface area contributed by atoms with Gasteiger partial charge in [0.2, 0.25) is 5.76 Å². The summed E-state index contributed by atoms with van der Waals surface area (Å²) in [7, 11) is 0. The van der Waals surface area contributed by atoms with Crippen LogP contribution in [0.4, 0.5) is 0 Å². The topological polar surface area (TPSA) is 46.5 Å². The van der Waals surface area contributed by atoms with Gasteiger partial charge in [-0.05, 0) is 0 Å². The highest BCUT2D eigenvalue weighted by atomic mass is 16.6. The molecule has 3 rings (SSSR count). The third kappa shape index (κ3) is 1.80. The van der Waals surface area contributed by atoms with Crippen LogP contribution in [0.15, 0.2) is 72.5 Å². The maximum absolute atomic E-state index is 11.6. The van der Waals surface area contributed by atoms with Crippen molar-refractivity contribution in [2.45, 2.75) is 5.60 Å². The first-order valence-corrected chi connectivity index (χ1v) is 5.98. The lowest BCUT2D eigenvalue weighted by Crippen LogP contribution is -2.26. The second kappa shape index (κ2) is 4.28. The molecule has 0 amide bonds. The molecule has 0 unspecified atom stereocenters. The third-order valence-electron chi connectivity index (χ3n) is 3.21. The molecule has 0 spiro atoms. The molecule has 0 radical (unpaired) electrons. The molecular weight excluding hydrogens is 240 g/mol. The van der Waals surface area contributed by atoms with Crippen LogP contribution >= 0.6 is 0 Å². The van der Waals surface area contributed by atoms with Crippen LogP contribution in [0.1, 0.15) is 11.1 Å². The van der Waals surface area contributed by atoms with Crippen molar-refractivity contribution in [3.05, 3.63) is 83.6 Å². The van der Waals surface area contributed by atoms with Gasteiger partial charge in [-0.3, -0.25) is 0 Å². The zero-order valence-corrected chi connectivity index (χ0v) is 10.1. The zero-order valence-electron chi connectivity index (χ0n) is 10.1. The Balaban J connectivity index is 2.22. The average molecular weight is 252 g/mol. The molecular formula is C16H12O3. The highest BCUT2D eigenvalue weighted by molar-refractivity contribution is 5.90. The van der Waals surface area contributed by atoms with Crippen molar-refractivity contribution in [2.75, 3.05) is 0 Å². The maximum atomic E-state index is 11.6. The molecule has 1 aliphatic heterocycles. The second-order valence-corrected chi connectivity index (χ2v) is 4.39. The summed E-state index contributed by atoms with van der Waals surface area (Å²) < 4.78 is 5.45. The van der Waals surface area contributed by atoms with Gasteiger partial charge in [-0.25, -0.2) is 4.79 Å². The first kappa shape index (κ1) is 11.5. The fourth-order valence-electron chi connectivity index (χ4n) is 2.30. The summed E-state index contributed by atoms with van der Waals surface area (Å²) in [5.41, 5.74) is 0.571. The summed E-state index contributed by atoms with van der Waals surface area (Å²) in [5, 5.41) is 9.64. The van der Waals surface area contributed by atoms with Crippen molar-refractivity contribution < 1.29 is 14.6 Å². The van der Waals surface area contributed by atoms with Crippen molar-refractivity contribution in [1.82, 2.24) is 0 Å². The highest BCUT2D eigenvalue weighted by Crippen LogP contribution is 2.40. The standard InChI is InChI=1S/C16H12O3/c17-14-11-16(19-15(14)18,12-7-3-1-4-8-12)13-9-5-2-6-10-13/h1-11,17H. The minimum Gasteiger partial charge on any atom is -0.502 e. The maximum Gasteiger partial charge on any atom is 0.374 e. The van der Waals surface area contributed by atoms with Crippen LogP contribution in [0.25, 0.3) is 0 Å². The summed E-state index contributed by atoms with van der Waals surface area (Å²) in [5.74, 6) is -1.06. The Labute approximate surface area is 110 Å². The van der Waals surface area contributed by atoms with Crippen LogP contribution in [-0.2, 0) is 15.1 Å². The minimum atomic E-state index is -1.04. The molecule has 19 heavy (non-hydrogen) atoms. The zero-order chi connectivity index (χ0) is 13.3. The van der Waals surface area contributed by atoms with Crippen LogP contribution in [0.2, 0.25) is 0 Å². The highest BCUT2D eigenvalue weighted by Gasteiger charge is 2.43. The molecule has 3 nitrogen and oxygen atoms in total. The normalized spacial score (nSPS) is 16.8. The van der Waals surface area contributed by atoms with Crippen molar-refractivity contribution in [2.24, 2.45) is 0 Å². The van der Waals surface area contributed by atoms with E-state index in [1.54, 1.807) is 0 Å². The molecule has 0 saturated carbocycles. The molecule has 0 aromatic heterocycles. The van der Waals surface area contributed by atoms with E-state index in [0.717, 1.165) is 11.1 Å². The molecule has 0 atom stereocenters. The Morgan fingerprint density at radius 1 is 0.842 bits per heavy atom. The summed E-state index contributed by atoms with van der Waals surface area (Å²) in [4.78, 5) is 11.6. The SMILES string of the molecule is O=C1OC(c2ccccc2)(c2ccccc2)C=C1O. The lowest BCUT2D eigenvalue weighted by molar-refractivity contribution is -0.146. The van der Waals surface area contributed by atoms with E-state index in [9.17, 15) is 9.90 Å². The number of aliphatic hydroxyl groups excluding tert-OH is 1. The number of benzene rings is 2. The van der Waals surface area contributed by atoms with Gasteiger partial charge >= 0.3 is 5.97 Å². The first-order valence-electron chi connectivity index (χ1n) is 5.98. The van der Waals surface area contributed by atoms with E-state index in [0.29, 0.717) is 0 Å². The van der Waals surface area contributed by atoms with E-state index in [-0.39, 0.29) is 5.76 Å². The number of ether oxygens (including phenoxy) is 1. The number of rotatable bonds is 2. The third-order valence-corrected chi connectivity index (χ3v) is 3.21. The lowest BCUT2D eigenvalue weighted by Gasteiger charge is -2.27. The fourth-order valence-corrected chi connectivity index (χ4v) is 2.30. The van der Waals surface area contributed by atoms with E-state index in [4.69, 9.17) is 4.74 Å². The number of hydrogen-bond donors (Lipinski definition) is 1. The van der Waals surface area contributed by atoms with Gasteiger partial charge in [0.25, 0.3) is 0 Å². The van der Waals surface area contributed by atoms with Gasteiger partial charge in [0.1, 0.15) is 0 Å². The first-order chi connectivity index (χ1) is 9.22. The van der Waals surface area contributed by atoms with E-state index in [2.05, 4.69) is 0 Å². The molecule has 0 bridgehead atoms. The number of aliphatic hydroxyl groups is 1. The summed E-state index contributed by atoms with van der Waals surface area (Å²) in [6, 6.07) is 18.8. The van der Waals surface area contributed by atoms with Gasteiger partial charge in [0.15, 0.2) is 5.60 Å². The molecule has 1 heterocycles. The van der Waals surface area contributed by atoms with Crippen molar-refractivity contribution in [3.63, 3.8) is 0 Å². The number of cyclic esters (lactones) is 1. The second-order valence-electron chi connectivity index (χ2n) is 4.39. The number of esters is 1. The predicted molar refractivity (Wildman–Crippen MR) is 70.5 cm³/mol. The number of carbonyl (C=O) groups excluding carboxylic acids is 1. The number of carbonyl (C=O) groups is 1. The summed E-state index contributed by atoms with van der Waals surface area (Å²) in [6.45, 7) is 0. The molecule has 2 aromatic carbocycles. The number of hydrogen-bond acceptors (Lipinski definition) is 3. The van der Waals surface area contributed by atoms with Gasteiger partial charge in [-0.2, -0.15) is 0 Å². The Kier molecular flexibility index (Phi) is 2.60. The molecule has 2 aromatic rings. The Hall–Kier alpha value is -2.55. The van der Waals surface area contributed by atoms with Crippen molar-refractivity contribution >= 4 is 5.97 Å². The van der Waals surface area contributed by atoms with Crippen molar-refractivity contribution in [3.8, 4) is 0 Å². The predicted octanol–water partition coefficient (Wildman–Crippen LogP) is 2.93. The minimum absolute atomic E-state index is 0.354. The van der Waals surface area contributed by atoms with E-state index in [1.165, 1.54) is 6.08 Å². The van der Waals surface area contributed by atoms with Gasteiger partial charge in [0, 0.05) is 17.2 Å².